The molecule has 0 amide bonds. The van der Waals surface area contributed by atoms with Gasteiger partial charge in [0.1, 0.15) is 12.3 Å². The fourth-order valence-corrected chi connectivity index (χ4v) is 5.72. The lowest BCUT2D eigenvalue weighted by atomic mass is 10.2. The van der Waals surface area contributed by atoms with Crippen molar-refractivity contribution in [1.82, 2.24) is 9.55 Å². The normalized spacial score (nSPS) is 26.1. The van der Waals surface area contributed by atoms with Crippen molar-refractivity contribution in [1.29, 1.82) is 0 Å². The number of ether oxygens (including phenoxy) is 1. The molecule has 0 radical (unpaired) electrons. The minimum Gasteiger partial charge on any atom is -0.390 e. The second-order valence-corrected chi connectivity index (χ2v) is 10.8. The van der Waals surface area contributed by atoms with Crippen LogP contribution in [0.5, 0.6) is 0 Å². The number of rotatable bonds is 9. The SMILES string of the molecule is O=c1[nH]c(=O)n([C@H]2C[C@H](O)[C@@H](COP(=O)(O)OP(=O)(O)OP(=O)(O)O)O2)cc1C=CBr. The number of aliphatic hydroxyl groups excluding tert-OH is 1. The maximum atomic E-state index is 12.0. The summed E-state index contributed by atoms with van der Waals surface area (Å²) in [6, 6.07) is 0. The molecule has 20 heteroatoms. The van der Waals surface area contributed by atoms with Crippen LogP contribution in [0.4, 0.5) is 0 Å². The van der Waals surface area contributed by atoms with Crippen LogP contribution >= 0.6 is 39.4 Å². The van der Waals surface area contributed by atoms with E-state index in [1.54, 1.807) is 0 Å². The topological polar surface area (TPSA) is 244 Å². The number of halogens is 1. The van der Waals surface area contributed by atoms with E-state index in [9.17, 15) is 33.3 Å². The van der Waals surface area contributed by atoms with Crippen LogP contribution in [0.15, 0.2) is 20.8 Å². The number of phosphoric ester groups is 1. The van der Waals surface area contributed by atoms with Crippen LogP contribution in [0.3, 0.4) is 0 Å². The molecular weight excluding hydrogens is 557 g/mol. The fraction of sp³-hybridized carbons (Fsp3) is 0.455. The zero-order valence-electron chi connectivity index (χ0n) is 15.0. The van der Waals surface area contributed by atoms with E-state index >= 15 is 0 Å². The highest BCUT2D eigenvalue weighted by molar-refractivity contribution is 9.11. The molecule has 6 N–H and O–H groups in total. The molecule has 16 nitrogen and oxygen atoms in total. The Bertz CT molecular complexity index is 1090. The standard InChI is InChI=1S/C11H16BrN2O14P3/c12-2-1-6-4-14(11(17)13-10(6)16)9-3-7(15)8(26-9)5-25-30(21,22)28-31(23,24)27-29(18,19)20/h1-2,4,7-9,15H,3,5H2,(H,21,22)(H,23,24)(H,13,16,17)(H2,18,19,20)/t7-,8+,9+/m0/s1. The van der Waals surface area contributed by atoms with E-state index < -0.39 is 59.8 Å². The van der Waals surface area contributed by atoms with E-state index in [0.717, 1.165) is 10.8 Å². The Balaban J connectivity index is 2.07. The molecule has 2 rings (SSSR count). The van der Waals surface area contributed by atoms with Gasteiger partial charge in [0, 0.05) is 12.6 Å². The number of phosphoric acid groups is 3. The molecule has 2 unspecified atom stereocenters. The van der Waals surface area contributed by atoms with Gasteiger partial charge in [-0.25, -0.2) is 18.5 Å². The Morgan fingerprint density at radius 1 is 1.19 bits per heavy atom. The maximum Gasteiger partial charge on any atom is 0.490 e. The van der Waals surface area contributed by atoms with Gasteiger partial charge in [0.15, 0.2) is 0 Å². The van der Waals surface area contributed by atoms with Crippen molar-refractivity contribution in [2.45, 2.75) is 24.9 Å². The summed E-state index contributed by atoms with van der Waals surface area (Å²) >= 11 is 2.98. The van der Waals surface area contributed by atoms with Gasteiger partial charge in [-0.1, -0.05) is 15.9 Å². The maximum absolute atomic E-state index is 12.0. The summed E-state index contributed by atoms with van der Waals surface area (Å²) in [6.07, 6.45) is -1.49. The number of aliphatic hydroxyl groups is 1. The van der Waals surface area contributed by atoms with Crippen LogP contribution in [0.25, 0.3) is 6.08 Å². The first-order chi connectivity index (χ1) is 14.1. The summed E-state index contributed by atoms with van der Waals surface area (Å²) < 4.78 is 51.5. The van der Waals surface area contributed by atoms with Crippen molar-refractivity contribution in [2.75, 3.05) is 6.61 Å². The van der Waals surface area contributed by atoms with E-state index in [-0.39, 0.29) is 12.0 Å². The van der Waals surface area contributed by atoms with Crippen molar-refractivity contribution in [3.63, 3.8) is 0 Å². The first-order valence-corrected chi connectivity index (χ1v) is 13.3. The van der Waals surface area contributed by atoms with Gasteiger partial charge in [-0.3, -0.25) is 18.9 Å². The quantitative estimate of drug-likeness (QED) is 0.211. The van der Waals surface area contributed by atoms with Gasteiger partial charge in [-0.2, -0.15) is 8.62 Å². The monoisotopic (exact) mass is 572 g/mol. The lowest BCUT2D eigenvalue weighted by Crippen LogP contribution is -2.33. The molecule has 1 aliphatic heterocycles. The second-order valence-electron chi connectivity index (χ2n) is 5.86. The largest absolute Gasteiger partial charge is 0.490 e. The highest BCUT2D eigenvalue weighted by Gasteiger charge is 2.42. The first-order valence-electron chi connectivity index (χ1n) is 7.86. The van der Waals surface area contributed by atoms with E-state index in [1.165, 1.54) is 11.1 Å². The molecule has 2 heterocycles. The molecule has 31 heavy (non-hydrogen) atoms. The minimum absolute atomic E-state index is 0.0753. The Kier molecular flexibility index (Phi) is 8.55. The molecule has 0 saturated carbocycles. The molecule has 0 spiro atoms. The Morgan fingerprint density at radius 2 is 1.84 bits per heavy atom. The Morgan fingerprint density at radius 3 is 2.42 bits per heavy atom. The van der Waals surface area contributed by atoms with Crippen molar-refractivity contribution in [3.8, 4) is 0 Å². The number of hydrogen-bond donors (Lipinski definition) is 6. The second kappa shape index (κ2) is 10.0. The molecule has 1 aliphatic rings. The molecule has 1 aromatic heterocycles. The van der Waals surface area contributed by atoms with Gasteiger partial charge in [0.05, 0.1) is 18.3 Å². The molecule has 176 valence electrons. The predicted molar refractivity (Wildman–Crippen MR) is 104 cm³/mol. The number of H-pyrrole nitrogens is 1. The number of aromatic nitrogens is 2. The number of hydrogen-bond acceptors (Lipinski definition) is 10. The average molecular weight is 573 g/mol. The Labute approximate surface area is 180 Å². The molecular formula is C11H16BrN2O14P3. The highest BCUT2D eigenvalue weighted by Crippen LogP contribution is 2.66. The summed E-state index contributed by atoms with van der Waals surface area (Å²) in [6.45, 7) is -0.895. The summed E-state index contributed by atoms with van der Waals surface area (Å²) in [4.78, 5) is 62.6. The van der Waals surface area contributed by atoms with Crippen LogP contribution in [0.2, 0.25) is 0 Å². The van der Waals surface area contributed by atoms with E-state index in [4.69, 9.17) is 19.4 Å². The van der Waals surface area contributed by atoms with Crippen molar-refractivity contribution in [3.05, 3.63) is 37.6 Å². The Hall–Kier alpha value is -0.770. The van der Waals surface area contributed by atoms with Gasteiger partial charge >= 0.3 is 29.2 Å². The van der Waals surface area contributed by atoms with E-state index in [2.05, 4.69) is 29.1 Å². The van der Waals surface area contributed by atoms with Crippen LogP contribution in [0.1, 0.15) is 18.2 Å². The van der Waals surface area contributed by atoms with Crippen LogP contribution in [0, 0.1) is 0 Å². The van der Waals surface area contributed by atoms with Crippen LogP contribution < -0.4 is 11.2 Å². The number of nitrogens with zero attached hydrogens (tertiary/aromatic N) is 1. The fourth-order valence-electron chi connectivity index (χ4n) is 2.41. The zero-order valence-corrected chi connectivity index (χ0v) is 19.2. The number of nitrogens with one attached hydrogen (secondary N) is 1. The van der Waals surface area contributed by atoms with Gasteiger partial charge < -0.3 is 29.4 Å². The molecule has 1 fully saturated rings. The first kappa shape index (κ1) is 26.5. The van der Waals surface area contributed by atoms with E-state index in [1.807, 2.05) is 4.98 Å². The van der Waals surface area contributed by atoms with Crippen LogP contribution in [-0.4, -0.2) is 53.0 Å². The van der Waals surface area contributed by atoms with Crippen molar-refractivity contribution < 1.29 is 56.3 Å². The molecule has 1 aromatic rings. The van der Waals surface area contributed by atoms with Gasteiger partial charge in [-0.05, 0) is 11.1 Å². The third kappa shape index (κ3) is 7.94. The van der Waals surface area contributed by atoms with Gasteiger partial charge in [0.2, 0.25) is 0 Å². The van der Waals surface area contributed by atoms with E-state index in [0.29, 0.717) is 0 Å². The summed E-state index contributed by atoms with van der Waals surface area (Å²) in [5, 5.41) is 10.1. The summed E-state index contributed by atoms with van der Waals surface area (Å²) in [7, 11) is -16.6. The van der Waals surface area contributed by atoms with Gasteiger partial charge in [-0.15, -0.1) is 0 Å². The molecule has 0 aromatic carbocycles. The highest BCUT2D eigenvalue weighted by atomic mass is 79.9. The average Bonchev–Trinajstić information content (AvgIpc) is 2.93. The summed E-state index contributed by atoms with van der Waals surface area (Å²) in [5.74, 6) is 0. The van der Waals surface area contributed by atoms with Crippen molar-refractivity contribution >= 4 is 45.5 Å². The smallest absolute Gasteiger partial charge is 0.390 e. The minimum atomic E-state index is -5.69. The summed E-state index contributed by atoms with van der Waals surface area (Å²) in [5.41, 5.74) is -1.46. The number of aromatic amines is 1. The molecule has 0 aliphatic carbocycles. The van der Waals surface area contributed by atoms with Gasteiger partial charge in [0.25, 0.3) is 5.56 Å². The lowest BCUT2D eigenvalue weighted by molar-refractivity contribution is -0.0450. The third-order valence-electron chi connectivity index (χ3n) is 3.57. The predicted octanol–water partition coefficient (Wildman–Crippen LogP) is -0.106. The lowest BCUT2D eigenvalue weighted by Gasteiger charge is -2.19. The molecule has 1 saturated heterocycles. The van der Waals surface area contributed by atoms with Crippen molar-refractivity contribution in [2.24, 2.45) is 0 Å². The molecule has 0 bridgehead atoms. The zero-order chi connectivity index (χ0) is 23.6. The third-order valence-corrected chi connectivity index (χ3v) is 7.64. The molecule has 5 atom stereocenters. The van der Waals surface area contributed by atoms with Crippen LogP contribution in [-0.2, 0) is 31.6 Å².